The fourth-order valence-corrected chi connectivity index (χ4v) is 6.84. The van der Waals surface area contributed by atoms with Crippen LogP contribution in [0.15, 0.2) is 60.7 Å². The van der Waals surface area contributed by atoms with E-state index in [2.05, 4.69) is 53.5 Å². The van der Waals surface area contributed by atoms with Crippen LogP contribution in [0.2, 0.25) is 0 Å². The van der Waals surface area contributed by atoms with Crippen LogP contribution < -0.4 is 21.7 Å². The number of anilines is 1. The van der Waals surface area contributed by atoms with E-state index in [9.17, 15) is 14.4 Å². The number of aryl methyl sites for hydroxylation is 1. The lowest BCUT2D eigenvalue weighted by Gasteiger charge is -2.29. The van der Waals surface area contributed by atoms with E-state index < -0.39 is 6.04 Å². The first-order chi connectivity index (χ1) is 24.2. The lowest BCUT2D eigenvalue weighted by molar-refractivity contribution is -0.130. The minimum absolute atomic E-state index is 0.105. The van der Waals surface area contributed by atoms with Gasteiger partial charge in [0.25, 0.3) is 5.91 Å². The van der Waals surface area contributed by atoms with Crippen molar-refractivity contribution in [1.29, 1.82) is 0 Å². The van der Waals surface area contributed by atoms with Crippen molar-refractivity contribution < 1.29 is 14.4 Å². The number of aromatic amines is 1. The molecule has 0 bridgehead atoms. The van der Waals surface area contributed by atoms with Crippen LogP contribution in [0.3, 0.4) is 0 Å². The molecule has 2 fully saturated rings. The Morgan fingerprint density at radius 3 is 2.26 bits per heavy atom. The van der Waals surface area contributed by atoms with E-state index in [1.165, 1.54) is 0 Å². The summed E-state index contributed by atoms with van der Waals surface area (Å²) in [5.74, 6) is 0.200. The molecule has 0 spiro atoms. The number of rotatable bonds is 11. The highest BCUT2D eigenvalue weighted by molar-refractivity contribution is 5.98. The zero-order chi connectivity index (χ0) is 35.0. The highest BCUT2D eigenvalue weighted by Gasteiger charge is 2.29. The summed E-state index contributed by atoms with van der Waals surface area (Å²) in [5, 5.41) is 23.2. The molecule has 6 rings (SSSR count). The SMILES string of the molecule is Cc1nc(C(=O)NC2CCN(C)CC2)ccc1-c1ccc(CC(NC(=O)C2CCC(CN)CC2)C(=O)Nc2ccc(-c3nn[nH]n3)cc2)cc1. The summed E-state index contributed by atoms with van der Waals surface area (Å²) in [6.07, 6.45) is 5.54. The second kappa shape index (κ2) is 16.1. The van der Waals surface area contributed by atoms with Gasteiger partial charge in [-0.1, -0.05) is 30.3 Å². The maximum Gasteiger partial charge on any atom is 0.270 e. The Balaban J connectivity index is 1.13. The maximum absolute atomic E-state index is 13.7. The Kier molecular flexibility index (Phi) is 11.2. The monoisotopic (exact) mass is 678 g/mol. The Morgan fingerprint density at radius 2 is 1.62 bits per heavy atom. The van der Waals surface area contributed by atoms with Gasteiger partial charge < -0.3 is 26.6 Å². The molecule has 3 heterocycles. The van der Waals surface area contributed by atoms with E-state index in [1.54, 1.807) is 30.3 Å². The fraction of sp³-hybridized carbons (Fsp3) is 0.432. The van der Waals surface area contributed by atoms with Crippen LogP contribution in [0.1, 0.15) is 60.3 Å². The standard InChI is InChI=1S/C37H46N10O3/c1-23-31(15-16-32(39-23)36(49)41-30-17-19-47(2)20-18-30)26-7-3-24(4-8-26)21-33(42-35(48)28-9-5-25(22-38)6-10-28)37(50)40-29-13-11-27(12-14-29)34-43-45-46-44-34/h3-4,7-8,11-16,25,28,30,33H,5-6,9-10,17-22,38H2,1-2H3,(H,40,50)(H,41,49)(H,42,48)(H,43,44,45,46). The molecule has 1 unspecified atom stereocenters. The topological polar surface area (TPSA) is 184 Å². The van der Waals surface area contributed by atoms with Crippen LogP contribution >= 0.6 is 0 Å². The van der Waals surface area contributed by atoms with Gasteiger partial charge in [-0.2, -0.15) is 5.21 Å². The second-order valence-corrected chi connectivity index (χ2v) is 13.6. The number of carbonyl (C=O) groups is 3. The normalized spacial score (nSPS) is 19.0. The molecule has 3 amide bonds. The summed E-state index contributed by atoms with van der Waals surface area (Å²) >= 11 is 0. The summed E-state index contributed by atoms with van der Waals surface area (Å²) in [4.78, 5) is 46.9. The lowest BCUT2D eigenvalue weighted by atomic mass is 9.81. The smallest absolute Gasteiger partial charge is 0.270 e. The number of aromatic nitrogens is 5. The first-order valence-corrected chi connectivity index (χ1v) is 17.5. The third kappa shape index (κ3) is 8.77. The number of H-pyrrole nitrogens is 1. The van der Waals surface area contributed by atoms with Crippen molar-refractivity contribution in [3.8, 4) is 22.5 Å². The number of hydrogen-bond acceptors (Lipinski definition) is 9. The largest absolute Gasteiger partial charge is 0.348 e. The predicted molar refractivity (Wildman–Crippen MR) is 191 cm³/mol. The molecule has 50 heavy (non-hydrogen) atoms. The first-order valence-electron chi connectivity index (χ1n) is 17.5. The number of pyridine rings is 1. The van der Waals surface area contributed by atoms with E-state index in [1.807, 2.05) is 37.3 Å². The Morgan fingerprint density at radius 1 is 0.920 bits per heavy atom. The number of amides is 3. The summed E-state index contributed by atoms with van der Waals surface area (Å²) in [6.45, 7) is 4.48. The zero-order valence-corrected chi connectivity index (χ0v) is 28.7. The Labute approximate surface area is 292 Å². The Hall–Kier alpha value is -5.01. The van der Waals surface area contributed by atoms with Gasteiger partial charge in [0.1, 0.15) is 11.7 Å². The number of nitrogens with two attached hydrogens (primary N) is 1. The summed E-state index contributed by atoms with van der Waals surface area (Å²) in [7, 11) is 2.10. The molecule has 13 heteroatoms. The van der Waals surface area contributed by atoms with Gasteiger partial charge in [0.2, 0.25) is 17.6 Å². The van der Waals surface area contributed by atoms with Crippen LogP contribution in [0, 0.1) is 18.8 Å². The molecule has 262 valence electrons. The number of likely N-dealkylation sites (tertiary alicyclic amines) is 1. The van der Waals surface area contributed by atoms with Crippen molar-refractivity contribution in [3.63, 3.8) is 0 Å². The van der Waals surface area contributed by atoms with Crippen LogP contribution in [0.5, 0.6) is 0 Å². The third-order valence-corrected chi connectivity index (χ3v) is 10.0. The van der Waals surface area contributed by atoms with E-state index in [0.29, 0.717) is 36.1 Å². The number of nitrogens with zero attached hydrogens (tertiary/aromatic N) is 5. The van der Waals surface area contributed by atoms with Gasteiger partial charge >= 0.3 is 0 Å². The van der Waals surface area contributed by atoms with Crippen LogP contribution in [-0.4, -0.2) is 87.0 Å². The van der Waals surface area contributed by atoms with Gasteiger partial charge in [0, 0.05) is 40.9 Å². The molecule has 0 radical (unpaired) electrons. The van der Waals surface area contributed by atoms with Crippen molar-refractivity contribution in [2.45, 2.75) is 64.0 Å². The van der Waals surface area contributed by atoms with Crippen LogP contribution in [0.4, 0.5) is 5.69 Å². The number of nitrogens with one attached hydrogen (secondary N) is 4. The van der Waals surface area contributed by atoms with E-state index in [4.69, 9.17) is 5.73 Å². The van der Waals surface area contributed by atoms with Crippen molar-refractivity contribution >= 4 is 23.4 Å². The molecule has 1 atom stereocenters. The molecule has 1 aliphatic carbocycles. The summed E-state index contributed by atoms with van der Waals surface area (Å²) in [6, 6.07) is 18.1. The first kappa shape index (κ1) is 34.8. The van der Waals surface area contributed by atoms with E-state index in [0.717, 1.165) is 79.6 Å². The van der Waals surface area contributed by atoms with Crippen molar-refractivity contribution in [3.05, 3.63) is 77.6 Å². The van der Waals surface area contributed by atoms with E-state index in [-0.39, 0.29) is 29.7 Å². The van der Waals surface area contributed by atoms with Crippen molar-refractivity contribution in [2.75, 3.05) is 32.0 Å². The van der Waals surface area contributed by atoms with Gasteiger partial charge in [0.15, 0.2) is 0 Å². The van der Waals surface area contributed by atoms with Gasteiger partial charge in [-0.15, -0.1) is 10.2 Å². The minimum Gasteiger partial charge on any atom is -0.348 e. The molecular formula is C37H46N10O3. The molecule has 2 aromatic carbocycles. The molecular weight excluding hydrogens is 632 g/mol. The predicted octanol–water partition coefficient (Wildman–Crippen LogP) is 3.49. The van der Waals surface area contributed by atoms with Crippen LogP contribution in [-0.2, 0) is 16.0 Å². The number of hydrogen-bond donors (Lipinski definition) is 5. The zero-order valence-electron chi connectivity index (χ0n) is 28.7. The maximum atomic E-state index is 13.7. The molecule has 1 saturated carbocycles. The average molecular weight is 679 g/mol. The minimum atomic E-state index is -0.789. The molecule has 2 aliphatic rings. The van der Waals surface area contributed by atoms with Gasteiger partial charge in [-0.25, -0.2) is 4.98 Å². The Bertz CT molecular complexity index is 1750. The van der Waals surface area contributed by atoms with Gasteiger partial charge in [-0.3, -0.25) is 14.4 Å². The molecule has 1 aliphatic heterocycles. The van der Waals surface area contributed by atoms with Gasteiger partial charge in [0.05, 0.1) is 0 Å². The number of carbonyl (C=O) groups excluding carboxylic acids is 3. The highest BCUT2D eigenvalue weighted by Crippen LogP contribution is 2.29. The second-order valence-electron chi connectivity index (χ2n) is 13.6. The fourth-order valence-electron chi connectivity index (χ4n) is 6.84. The molecule has 13 nitrogen and oxygen atoms in total. The van der Waals surface area contributed by atoms with Crippen molar-refractivity contribution in [2.24, 2.45) is 17.6 Å². The molecule has 2 aromatic heterocycles. The summed E-state index contributed by atoms with van der Waals surface area (Å²) in [5.41, 5.74) is 11.1. The molecule has 1 saturated heterocycles. The molecule has 6 N–H and O–H groups in total. The highest BCUT2D eigenvalue weighted by atomic mass is 16.2. The number of benzene rings is 2. The quantitative estimate of drug-likeness (QED) is 0.158. The summed E-state index contributed by atoms with van der Waals surface area (Å²) < 4.78 is 0. The number of piperidine rings is 1. The lowest BCUT2D eigenvalue weighted by Crippen LogP contribution is -2.48. The van der Waals surface area contributed by atoms with Crippen molar-refractivity contribution in [1.82, 2.24) is 41.1 Å². The molecule has 4 aromatic rings. The van der Waals surface area contributed by atoms with Gasteiger partial charge in [-0.05, 0) is 125 Å². The number of tetrazole rings is 1. The van der Waals surface area contributed by atoms with Crippen LogP contribution in [0.25, 0.3) is 22.5 Å². The third-order valence-electron chi connectivity index (χ3n) is 10.0. The average Bonchev–Trinajstić information content (AvgIpc) is 3.68. The van der Waals surface area contributed by atoms with E-state index >= 15 is 0 Å².